The number of esters is 1. The Labute approximate surface area is 213 Å². The molecule has 3 N–H and O–H groups in total. The first-order chi connectivity index (χ1) is 17.1. The van der Waals surface area contributed by atoms with Gasteiger partial charge in [0.25, 0.3) is 0 Å². The fourth-order valence-electron chi connectivity index (χ4n) is 4.16. The monoisotopic (exact) mass is 492 g/mol. The number of benzene rings is 2. The molecule has 0 saturated carbocycles. The highest BCUT2D eigenvalue weighted by atomic mass is 16.5. The molecule has 8 heteroatoms. The standard InChI is InChI=1S/C28H36N4O4/c1-7-15-32-20(6)23(26(33)36-16-17(2)3)25(31-28(32)35)21-11-13-22(14-12-21)29-27(34)30-24-18(4)9-8-10-19(24)5/h8-14,17,25H,7,15-16H2,1-6H3,(H,31,35)(H2,29,30,34). The lowest BCUT2D eigenvalue weighted by molar-refractivity contribution is -0.140. The topological polar surface area (TPSA) is 99.8 Å². The Hall–Kier alpha value is -3.81. The molecule has 4 amide bonds. The van der Waals surface area contributed by atoms with Crippen LogP contribution in [-0.4, -0.2) is 36.1 Å². The Bertz CT molecular complexity index is 1130. The highest BCUT2D eigenvalue weighted by Crippen LogP contribution is 2.32. The number of anilines is 2. The highest BCUT2D eigenvalue weighted by Gasteiger charge is 2.36. The molecule has 2 aromatic carbocycles. The number of amides is 4. The van der Waals surface area contributed by atoms with Crippen molar-refractivity contribution in [2.45, 2.75) is 54.0 Å². The Morgan fingerprint density at radius 1 is 1.03 bits per heavy atom. The number of allylic oxidation sites excluding steroid dienone is 1. The molecule has 192 valence electrons. The van der Waals surface area contributed by atoms with Gasteiger partial charge in [0, 0.05) is 23.6 Å². The van der Waals surface area contributed by atoms with E-state index in [9.17, 15) is 14.4 Å². The van der Waals surface area contributed by atoms with Gasteiger partial charge in [0.2, 0.25) is 0 Å². The number of carbonyl (C=O) groups is 3. The van der Waals surface area contributed by atoms with Gasteiger partial charge in [-0.25, -0.2) is 14.4 Å². The zero-order chi connectivity index (χ0) is 26.4. The van der Waals surface area contributed by atoms with Crippen molar-refractivity contribution < 1.29 is 19.1 Å². The van der Waals surface area contributed by atoms with Crippen molar-refractivity contribution in [1.29, 1.82) is 0 Å². The number of hydrogen-bond acceptors (Lipinski definition) is 4. The van der Waals surface area contributed by atoms with Crippen LogP contribution in [0.1, 0.15) is 56.8 Å². The first-order valence-electron chi connectivity index (χ1n) is 12.3. The molecule has 0 radical (unpaired) electrons. The molecule has 0 fully saturated rings. The Morgan fingerprint density at radius 3 is 2.25 bits per heavy atom. The minimum Gasteiger partial charge on any atom is -0.462 e. The first kappa shape index (κ1) is 26.8. The van der Waals surface area contributed by atoms with Crippen molar-refractivity contribution in [2.75, 3.05) is 23.8 Å². The van der Waals surface area contributed by atoms with Crippen LogP contribution in [-0.2, 0) is 9.53 Å². The van der Waals surface area contributed by atoms with Gasteiger partial charge in [-0.3, -0.25) is 4.90 Å². The summed E-state index contributed by atoms with van der Waals surface area (Å²) < 4.78 is 5.54. The van der Waals surface area contributed by atoms with Crippen molar-refractivity contribution >= 4 is 29.4 Å². The number of ether oxygens (including phenoxy) is 1. The summed E-state index contributed by atoms with van der Waals surface area (Å²) in [5.74, 6) is -0.249. The maximum Gasteiger partial charge on any atom is 0.338 e. The van der Waals surface area contributed by atoms with E-state index >= 15 is 0 Å². The van der Waals surface area contributed by atoms with Crippen LogP contribution in [0.25, 0.3) is 0 Å². The Balaban J connectivity index is 1.81. The van der Waals surface area contributed by atoms with Crippen molar-refractivity contribution in [3.05, 3.63) is 70.4 Å². The van der Waals surface area contributed by atoms with E-state index in [1.165, 1.54) is 0 Å². The lowest BCUT2D eigenvalue weighted by Crippen LogP contribution is -2.48. The van der Waals surface area contributed by atoms with Crippen molar-refractivity contribution in [1.82, 2.24) is 10.2 Å². The van der Waals surface area contributed by atoms with E-state index in [0.717, 1.165) is 28.8 Å². The number of aryl methyl sites for hydroxylation is 2. The van der Waals surface area contributed by atoms with Crippen molar-refractivity contribution in [3.63, 3.8) is 0 Å². The van der Waals surface area contributed by atoms with Gasteiger partial charge in [0.15, 0.2) is 0 Å². The molecule has 1 aliphatic rings. The van der Waals surface area contributed by atoms with Crippen LogP contribution in [0.5, 0.6) is 0 Å². The van der Waals surface area contributed by atoms with Crippen molar-refractivity contribution in [2.24, 2.45) is 5.92 Å². The molecule has 1 heterocycles. The average Bonchev–Trinajstić information content (AvgIpc) is 2.83. The Morgan fingerprint density at radius 2 is 1.67 bits per heavy atom. The number of nitrogens with one attached hydrogen (secondary N) is 3. The summed E-state index contributed by atoms with van der Waals surface area (Å²) in [5, 5.41) is 8.68. The largest absolute Gasteiger partial charge is 0.462 e. The lowest BCUT2D eigenvalue weighted by atomic mass is 9.94. The molecule has 0 aliphatic carbocycles. The summed E-state index contributed by atoms with van der Waals surface area (Å²) in [4.78, 5) is 40.0. The Kier molecular flexibility index (Phi) is 8.74. The van der Waals surface area contributed by atoms with Gasteiger partial charge in [-0.1, -0.05) is 51.1 Å². The van der Waals surface area contributed by atoms with Crippen LogP contribution >= 0.6 is 0 Å². The van der Waals surface area contributed by atoms with Crippen LogP contribution in [0.3, 0.4) is 0 Å². The van der Waals surface area contributed by atoms with E-state index in [0.29, 0.717) is 30.1 Å². The molecule has 36 heavy (non-hydrogen) atoms. The third-order valence-electron chi connectivity index (χ3n) is 6.03. The fourth-order valence-corrected chi connectivity index (χ4v) is 4.16. The number of nitrogens with zero attached hydrogens (tertiary/aromatic N) is 1. The van der Waals surface area contributed by atoms with E-state index in [-0.39, 0.29) is 18.0 Å². The maximum atomic E-state index is 13.1. The first-order valence-corrected chi connectivity index (χ1v) is 12.3. The van der Waals surface area contributed by atoms with Crippen molar-refractivity contribution in [3.8, 4) is 0 Å². The molecule has 0 spiro atoms. The fraction of sp³-hybridized carbons (Fsp3) is 0.393. The third kappa shape index (κ3) is 6.24. The quantitative estimate of drug-likeness (QED) is 0.400. The summed E-state index contributed by atoms with van der Waals surface area (Å²) in [5.41, 5.74) is 5.04. The predicted molar refractivity (Wildman–Crippen MR) is 142 cm³/mol. The summed E-state index contributed by atoms with van der Waals surface area (Å²) in [6.45, 7) is 12.4. The SMILES string of the molecule is CCCN1C(=O)NC(c2ccc(NC(=O)Nc3c(C)cccc3C)cc2)C(C(=O)OCC(C)C)=C1C. The molecule has 2 aromatic rings. The molecule has 0 aromatic heterocycles. The van der Waals surface area contributed by atoms with Crippen LogP contribution in [0.2, 0.25) is 0 Å². The molecular weight excluding hydrogens is 456 g/mol. The molecule has 8 nitrogen and oxygen atoms in total. The van der Waals surface area contributed by atoms with E-state index < -0.39 is 12.0 Å². The van der Waals surface area contributed by atoms with Gasteiger partial charge in [0.05, 0.1) is 18.2 Å². The van der Waals surface area contributed by atoms with Crippen LogP contribution < -0.4 is 16.0 Å². The minimum absolute atomic E-state index is 0.193. The zero-order valence-electron chi connectivity index (χ0n) is 21.9. The number of para-hydroxylation sites is 1. The predicted octanol–water partition coefficient (Wildman–Crippen LogP) is 5.90. The van der Waals surface area contributed by atoms with Gasteiger partial charge >= 0.3 is 18.0 Å². The lowest BCUT2D eigenvalue weighted by Gasteiger charge is -2.35. The van der Waals surface area contributed by atoms with Crippen LogP contribution in [0.4, 0.5) is 21.0 Å². The molecule has 0 bridgehead atoms. The smallest absolute Gasteiger partial charge is 0.338 e. The molecule has 1 aliphatic heterocycles. The summed E-state index contributed by atoms with van der Waals surface area (Å²) in [6, 6.07) is 11.6. The second-order valence-corrected chi connectivity index (χ2v) is 9.49. The summed E-state index contributed by atoms with van der Waals surface area (Å²) in [6.07, 6.45) is 0.758. The van der Waals surface area contributed by atoms with E-state index in [1.54, 1.807) is 36.1 Å². The van der Waals surface area contributed by atoms with Gasteiger partial charge in [0.1, 0.15) is 0 Å². The number of rotatable bonds is 8. The van der Waals surface area contributed by atoms with Gasteiger partial charge < -0.3 is 20.7 Å². The molecule has 1 unspecified atom stereocenters. The third-order valence-corrected chi connectivity index (χ3v) is 6.03. The van der Waals surface area contributed by atoms with Gasteiger partial charge in [-0.05, 0) is 61.9 Å². The normalized spacial score (nSPS) is 15.6. The average molecular weight is 493 g/mol. The second kappa shape index (κ2) is 11.7. The molecule has 3 rings (SSSR count). The van der Waals surface area contributed by atoms with Crippen LogP contribution in [0.15, 0.2) is 53.7 Å². The zero-order valence-corrected chi connectivity index (χ0v) is 21.9. The number of urea groups is 2. The van der Waals surface area contributed by atoms with Crippen LogP contribution in [0, 0.1) is 19.8 Å². The minimum atomic E-state index is -0.650. The molecule has 0 saturated heterocycles. The second-order valence-electron chi connectivity index (χ2n) is 9.49. The maximum absolute atomic E-state index is 13.1. The number of hydrogen-bond donors (Lipinski definition) is 3. The highest BCUT2D eigenvalue weighted by molar-refractivity contribution is 6.00. The van der Waals surface area contributed by atoms with E-state index in [4.69, 9.17) is 4.74 Å². The molecular formula is C28H36N4O4. The van der Waals surface area contributed by atoms with E-state index in [1.807, 2.05) is 52.8 Å². The summed E-state index contributed by atoms with van der Waals surface area (Å²) >= 11 is 0. The summed E-state index contributed by atoms with van der Waals surface area (Å²) in [7, 11) is 0. The van der Waals surface area contributed by atoms with E-state index in [2.05, 4.69) is 16.0 Å². The van der Waals surface area contributed by atoms with Gasteiger partial charge in [-0.15, -0.1) is 0 Å². The number of carbonyl (C=O) groups excluding carboxylic acids is 3. The van der Waals surface area contributed by atoms with Gasteiger partial charge in [-0.2, -0.15) is 0 Å². The molecule has 1 atom stereocenters.